The van der Waals surface area contributed by atoms with Gasteiger partial charge in [0.15, 0.2) is 5.76 Å². The topological polar surface area (TPSA) is 74.2 Å². The Kier molecular flexibility index (Phi) is 4.81. The molecule has 2 aromatic heterocycles. The molecule has 0 aliphatic carbocycles. The SMILES string of the molecule is CC(=O)N[C@@H]1CN(Cc2ccc(-c3ccn[nH]3)o2)C[C@H]1c1ccc(C)cc1. The van der Waals surface area contributed by atoms with E-state index in [0.717, 1.165) is 30.3 Å². The van der Waals surface area contributed by atoms with Crippen LogP contribution in [0.4, 0.5) is 0 Å². The number of nitrogens with one attached hydrogen (secondary N) is 2. The molecule has 1 amide bonds. The quantitative estimate of drug-likeness (QED) is 0.730. The van der Waals surface area contributed by atoms with E-state index in [1.807, 2.05) is 18.2 Å². The highest BCUT2D eigenvalue weighted by Crippen LogP contribution is 2.30. The van der Waals surface area contributed by atoms with Crippen LogP contribution in [0.2, 0.25) is 0 Å². The summed E-state index contributed by atoms with van der Waals surface area (Å²) in [6.07, 6.45) is 1.71. The third-order valence-electron chi connectivity index (χ3n) is 5.10. The highest BCUT2D eigenvalue weighted by Gasteiger charge is 2.34. The third-order valence-corrected chi connectivity index (χ3v) is 5.10. The summed E-state index contributed by atoms with van der Waals surface area (Å²) in [6.45, 7) is 6.07. The number of aromatic amines is 1. The third kappa shape index (κ3) is 3.95. The Morgan fingerprint density at radius 2 is 2.04 bits per heavy atom. The van der Waals surface area contributed by atoms with Crippen molar-refractivity contribution in [2.45, 2.75) is 32.4 Å². The van der Waals surface area contributed by atoms with Crippen LogP contribution in [0.3, 0.4) is 0 Å². The van der Waals surface area contributed by atoms with E-state index in [0.29, 0.717) is 6.54 Å². The van der Waals surface area contributed by atoms with Crippen molar-refractivity contribution < 1.29 is 9.21 Å². The Hall–Kier alpha value is -2.86. The van der Waals surface area contributed by atoms with Gasteiger partial charge in [-0.3, -0.25) is 14.8 Å². The van der Waals surface area contributed by atoms with Gasteiger partial charge in [-0.1, -0.05) is 29.8 Å². The van der Waals surface area contributed by atoms with Gasteiger partial charge < -0.3 is 9.73 Å². The molecule has 6 heteroatoms. The Morgan fingerprint density at radius 3 is 2.74 bits per heavy atom. The maximum Gasteiger partial charge on any atom is 0.217 e. The van der Waals surface area contributed by atoms with Gasteiger partial charge in [-0.2, -0.15) is 5.10 Å². The normalized spacial score (nSPS) is 20.1. The van der Waals surface area contributed by atoms with Crippen LogP contribution in [0, 0.1) is 6.92 Å². The van der Waals surface area contributed by atoms with Gasteiger partial charge in [0.1, 0.15) is 11.5 Å². The number of furan rings is 1. The lowest BCUT2D eigenvalue weighted by Crippen LogP contribution is -2.38. The lowest BCUT2D eigenvalue weighted by atomic mass is 9.93. The Morgan fingerprint density at radius 1 is 1.22 bits per heavy atom. The lowest BCUT2D eigenvalue weighted by molar-refractivity contribution is -0.119. The number of nitrogens with zero attached hydrogens (tertiary/aromatic N) is 2. The van der Waals surface area contributed by atoms with Gasteiger partial charge in [0.25, 0.3) is 0 Å². The summed E-state index contributed by atoms with van der Waals surface area (Å²) in [6, 6.07) is 14.6. The van der Waals surface area contributed by atoms with Crippen LogP contribution < -0.4 is 5.32 Å². The van der Waals surface area contributed by atoms with Gasteiger partial charge in [0.2, 0.25) is 5.91 Å². The molecule has 3 heterocycles. The summed E-state index contributed by atoms with van der Waals surface area (Å²) in [4.78, 5) is 14.0. The van der Waals surface area contributed by atoms with Crippen LogP contribution in [0.5, 0.6) is 0 Å². The number of hydrogen-bond acceptors (Lipinski definition) is 4. The molecule has 0 saturated carbocycles. The highest BCUT2D eigenvalue weighted by atomic mass is 16.3. The largest absolute Gasteiger partial charge is 0.458 e. The minimum atomic E-state index is 0.0125. The van der Waals surface area contributed by atoms with Crippen molar-refractivity contribution in [3.63, 3.8) is 0 Å². The van der Waals surface area contributed by atoms with Gasteiger partial charge in [-0.25, -0.2) is 0 Å². The number of rotatable bonds is 5. The van der Waals surface area contributed by atoms with E-state index >= 15 is 0 Å². The molecule has 0 unspecified atom stereocenters. The van der Waals surface area contributed by atoms with Crippen LogP contribution in [-0.4, -0.2) is 40.1 Å². The van der Waals surface area contributed by atoms with Gasteiger partial charge in [0.05, 0.1) is 6.54 Å². The average molecular weight is 364 g/mol. The van der Waals surface area contributed by atoms with E-state index in [4.69, 9.17) is 4.42 Å². The van der Waals surface area contributed by atoms with Crippen LogP contribution in [0.25, 0.3) is 11.5 Å². The van der Waals surface area contributed by atoms with Crippen molar-refractivity contribution in [1.82, 2.24) is 20.4 Å². The summed E-state index contributed by atoms with van der Waals surface area (Å²) >= 11 is 0. The molecule has 140 valence electrons. The highest BCUT2D eigenvalue weighted by molar-refractivity contribution is 5.73. The summed E-state index contributed by atoms with van der Waals surface area (Å²) < 4.78 is 5.96. The number of hydrogen-bond donors (Lipinski definition) is 2. The Bertz CT molecular complexity index is 899. The molecule has 0 bridgehead atoms. The van der Waals surface area contributed by atoms with E-state index in [9.17, 15) is 4.79 Å². The first kappa shape index (κ1) is 17.5. The molecule has 27 heavy (non-hydrogen) atoms. The average Bonchev–Trinajstić information content (AvgIpc) is 3.36. The van der Waals surface area contributed by atoms with Gasteiger partial charge in [-0.15, -0.1) is 0 Å². The molecule has 1 aliphatic heterocycles. The fraction of sp³-hybridized carbons (Fsp3) is 0.333. The molecule has 1 fully saturated rings. The zero-order valence-electron chi connectivity index (χ0n) is 15.6. The van der Waals surface area contributed by atoms with Crippen molar-refractivity contribution in [3.05, 3.63) is 65.5 Å². The zero-order chi connectivity index (χ0) is 18.8. The first-order valence-corrected chi connectivity index (χ1v) is 9.23. The Balaban J connectivity index is 1.49. The van der Waals surface area contributed by atoms with Gasteiger partial charge in [-0.05, 0) is 30.7 Å². The number of benzene rings is 1. The minimum absolute atomic E-state index is 0.0125. The van der Waals surface area contributed by atoms with E-state index in [1.54, 1.807) is 13.1 Å². The van der Waals surface area contributed by atoms with Crippen LogP contribution in [-0.2, 0) is 11.3 Å². The van der Waals surface area contributed by atoms with E-state index in [2.05, 4.69) is 51.6 Å². The second-order valence-electron chi connectivity index (χ2n) is 7.25. The molecule has 1 aliphatic rings. The maximum atomic E-state index is 11.7. The maximum absolute atomic E-state index is 11.7. The molecule has 1 saturated heterocycles. The van der Waals surface area contributed by atoms with Crippen LogP contribution in [0.15, 0.2) is 53.1 Å². The van der Waals surface area contributed by atoms with Crippen molar-refractivity contribution in [1.29, 1.82) is 0 Å². The van der Waals surface area contributed by atoms with E-state index in [-0.39, 0.29) is 17.9 Å². The van der Waals surface area contributed by atoms with Crippen molar-refractivity contribution >= 4 is 5.91 Å². The smallest absolute Gasteiger partial charge is 0.217 e. The fourth-order valence-corrected chi connectivity index (χ4v) is 3.79. The van der Waals surface area contributed by atoms with E-state index in [1.165, 1.54) is 11.1 Å². The fourth-order valence-electron chi connectivity index (χ4n) is 3.79. The number of carbonyl (C=O) groups excluding carboxylic acids is 1. The van der Waals surface area contributed by atoms with Crippen molar-refractivity contribution in [2.24, 2.45) is 0 Å². The minimum Gasteiger partial charge on any atom is -0.458 e. The predicted octanol–water partition coefficient (Wildman–Crippen LogP) is 3.08. The number of aryl methyl sites for hydroxylation is 1. The molecule has 2 atom stereocenters. The molecule has 1 aromatic carbocycles. The lowest BCUT2D eigenvalue weighted by Gasteiger charge is -2.19. The molecule has 3 aromatic rings. The van der Waals surface area contributed by atoms with Crippen molar-refractivity contribution in [3.8, 4) is 11.5 Å². The van der Waals surface area contributed by atoms with Crippen molar-refractivity contribution in [2.75, 3.05) is 13.1 Å². The molecular weight excluding hydrogens is 340 g/mol. The molecule has 0 spiro atoms. The summed E-state index contributed by atoms with van der Waals surface area (Å²) in [5.74, 6) is 1.98. The molecular formula is C21H24N4O2. The zero-order valence-corrected chi connectivity index (χ0v) is 15.6. The standard InChI is InChI=1S/C21H24N4O2/c1-14-3-5-16(6-4-14)18-12-25(13-20(18)23-15(2)26)11-17-7-8-21(27-17)19-9-10-22-24-19/h3-10,18,20H,11-13H2,1-2H3,(H,22,24)(H,23,26)/t18-,20+/m0/s1. The monoisotopic (exact) mass is 364 g/mol. The first-order chi connectivity index (χ1) is 13.1. The van der Waals surface area contributed by atoms with Crippen LogP contribution >= 0.6 is 0 Å². The van der Waals surface area contributed by atoms with E-state index < -0.39 is 0 Å². The first-order valence-electron chi connectivity index (χ1n) is 9.23. The van der Waals surface area contributed by atoms with Crippen LogP contribution in [0.1, 0.15) is 29.7 Å². The summed E-state index contributed by atoms with van der Waals surface area (Å²) in [7, 11) is 0. The number of amides is 1. The second-order valence-corrected chi connectivity index (χ2v) is 7.25. The number of H-pyrrole nitrogens is 1. The summed E-state index contributed by atoms with van der Waals surface area (Å²) in [5, 5.41) is 10.0. The second kappa shape index (κ2) is 7.40. The Labute approximate surface area is 158 Å². The number of aromatic nitrogens is 2. The predicted molar refractivity (Wildman–Crippen MR) is 103 cm³/mol. The number of likely N-dealkylation sites (tertiary alicyclic amines) is 1. The molecule has 0 radical (unpaired) electrons. The van der Waals surface area contributed by atoms with Gasteiger partial charge in [0, 0.05) is 38.2 Å². The molecule has 6 nitrogen and oxygen atoms in total. The summed E-state index contributed by atoms with van der Waals surface area (Å²) in [5.41, 5.74) is 3.38. The number of carbonyl (C=O) groups is 1. The van der Waals surface area contributed by atoms with Gasteiger partial charge >= 0.3 is 0 Å². The molecule has 4 rings (SSSR count). The molecule has 2 N–H and O–H groups in total.